The summed E-state index contributed by atoms with van der Waals surface area (Å²) in [4.78, 5) is 8.47. The molecule has 4 nitrogen and oxygen atoms in total. The molecule has 19 heavy (non-hydrogen) atoms. The zero-order valence-corrected chi connectivity index (χ0v) is 10.6. The highest BCUT2D eigenvalue weighted by molar-refractivity contribution is 5.56. The first kappa shape index (κ1) is 11.5. The fraction of sp³-hybridized carbons (Fsp3) is 0.0667. The lowest BCUT2D eigenvalue weighted by atomic mass is 10.2. The van der Waals surface area contributed by atoms with Gasteiger partial charge in [-0.15, -0.1) is 0 Å². The lowest BCUT2D eigenvalue weighted by molar-refractivity contribution is 1.03. The van der Waals surface area contributed by atoms with E-state index in [1.165, 1.54) is 0 Å². The Kier molecular flexibility index (Phi) is 2.98. The Bertz CT molecular complexity index is 673. The second-order valence-corrected chi connectivity index (χ2v) is 4.27. The van der Waals surface area contributed by atoms with Crippen LogP contribution in [0.3, 0.4) is 0 Å². The van der Waals surface area contributed by atoms with E-state index >= 15 is 0 Å². The summed E-state index contributed by atoms with van der Waals surface area (Å²) in [6.45, 7) is 2.04. The Morgan fingerprint density at radius 3 is 2.68 bits per heavy atom. The number of pyridine rings is 1. The molecule has 1 N–H and O–H groups in total. The average molecular weight is 250 g/mol. The molecule has 4 heteroatoms. The van der Waals surface area contributed by atoms with Gasteiger partial charge in [0.2, 0.25) is 5.95 Å². The molecule has 2 aromatic heterocycles. The van der Waals surface area contributed by atoms with Crippen molar-refractivity contribution >= 4 is 11.6 Å². The van der Waals surface area contributed by atoms with Gasteiger partial charge in [-0.25, -0.2) is 4.98 Å². The summed E-state index contributed by atoms with van der Waals surface area (Å²) in [5.41, 5.74) is 3.20. The first-order valence-electron chi connectivity index (χ1n) is 6.11. The third-order valence-corrected chi connectivity index (χ3v) is 2.92. The summed E-state index contributed by atoms with van der Waals surface area (Å²) in [5.74, 6) is 0.792. The van der Waals surface area contributed by atoms with E-state index in [0.717, 1.165) is 22.9 Å². The quantitative estimate of drug-likeness (QED) is 0.775. The van der Waals surface area contributed by atoms with E-state index in [-0.39, 0.29) is 0 Å². The van der Waals surface area contributed by atoms with Crippen LogP contribution in [0.2, 0.25) is 0 Å². The minimum absolute atomic E-state index is 0.792. The van der Waals surface area contributed by atoms with E-state index in [0.29, 0.717) is 0 Å². The predicted octanol–water partition coefficient (Wildman–Crippen LogP) is 3.32. The summed E-state index contributed by atoms with van der Waals surface area (Å²) in [7, 11) is 0. The van der Waals surface area contributed by atoms with Crippen LogP contribution in [0.5, 0.6) is 0 Å². The van der Waals surface area contributed by atoms with Gasteiger partial charge in [0.25, 0.3) is 0 Å². The van der Waals surface area contributed by atoms with Gasteiger partial charge in [-0.3, -0.25) is 9.55 Å². The van der Waals surface area contributed by atoms with Crippen LogP contribution in [0.15, 0.2) is 61.2 Å². The number of hydrogen-bond donors (Lipinski definition) is 1. The van der Waals surface area contributed by atoms with Crippen LogP contribution < -0.4 is 5.32 Å². The highest BCUT2D eigenvalue weighted by Crippen LogP contribution is 2.20. The third kappa shape index (κ3) is 2.33. The molecule has 0 aliphatic rings. The number of aromatic nitrogens is 3. The zero-order valence-electron chi connectivity index (χ0n) is 10.6. The highest BCUT2D eigenvalue weighted by Gasteiger charge is 2.07. The molecule has 0 spiro atoms. The topological polar surface area (TPSA) is 42.7 Å². The van der Waals surface area contributed by atoms with Crippen molar-refractivity contribution in [1.82, 2.24) is 14.5 Å². The first-order chi connectivity index (χ1) is 9.34. The van der Waals surface area contributed by atoms with Crippen LogP contribution in [0.4, 0.5) is 11.6 Å². The SMILES string of the molecule is Cc1cnccc1-n1ccnc1Nc1ccccc1. The molecular formula is C15H14N4. The number of hydrogen-bond acceptors (Lipinski definition) is 3. The number of nitrogens with zero attached hydrogens (tertiary/aromatic N) is 3. The lowest BCUT2D eigenvalue weighted by Crippen LogP contribution is -2.02. The van der Waals surface area contributed by atoms with Crippen molar-refractivity contribution in [3.05, 3.63) is 66.7 Å². The van der Waals surface area contributed by atoms with Crippen LogP contribution >= 0.6 is 0 Å². The van der Waals surface area contributed by atoms with E-state index in [2.05, 4.69) is 15.3 Å². The summed E-state index contributed by atoms with van der Waals surface area (Å²) in [6, 6.07) is 12.0. The van der Waals surface area contributed by atoms with Gasteiger partial charge in [-0.05, 0) is 30.7 Å². The highest BCUT2D eigenvalue weighted by atomic mass is 15.2. The fourth-order valence-corrected chi connectivity index (χ4v) is 1.98. The second-order valence-electron chi connectivity index (χ2n) is 4.27. The Morgan fingerprint density at radius 1 is 1.05 bits per heavy atom. The average Bonchev–Trinajstić information content (AvgIpc) is 2.88. The molecule has 0 aliphatic carbocycles. The maximum Gasteiger partial charge on any atom is 0.212 e. The Morgan fingerprint density at radius 2 is 1.89 bits per heavy atom. The number of para-hydroxylation sites is 1. The van der Waals surface area contributed by atoms with Crippen molar-refractivity contribution in [3.63, 3.8) is 0 Å². The third-order valence-electron chi connectivity index (χ3n) is 2.92. The molecule has 0 unspecified atom stereocenters. The molecule has 3 rings (SSSR count). The van der Waals surface area contributed by atoms with Crippen LogP contribution in [0.25, 0.3) is 5.69 Å². The van der Waals surface area contributed by atoms with Gasteiger partial charge in [0, 0.05) is 30.5 Å². The number of rotatable bonds is 3. The van der Waals surface area contributed by atoms with Crippen LogP contribution in [-0.2, 0) is 0 Å². The molecule has 0 amide bonds. The van der Waals surface area contributed by atoms with Gasteiger partial charge >= 0.3 is 0 Å². The second kappa shape index (κ2) is 4.94. The summed E-state index contributed by atoms with van der Waals surface area (Å²) in [5, 5.41) is 3.31. The number of aryl methyl sites for hydroxylation is 1. The lowest BCUT2D eigenvalue weighted by Gasteiger charge is -2.11. The molecule has 0 radical (unpaired) electrons. The molecule has 0 saturated carbocycles. The van der Waals surface area contributed by atoms with Crippen LogP contribution in [0.1, 0.15) is 5.56 Å². The summed E-state index contributed by atoms with van der Waals surface area (Å²) in [6.07, 6.45) is 7.36. The van der Waals surface area contributed by atoms with Gasteiger partial charge in [0.05, 0.1) is 5.69 Å². The van der Waals surface area contributed by atoms with Crippen LogP contribution in [-0.4, -0.2) is 14.5 Å². The smallest absolute Gasteiger partial charge is 0.212 e. The normalized spacial score (nSPS) is 10.4. The Hall–Kier alpha value is -2.62. The van der Waals surface area contributed by atoms with Crippen molar-refractivity contribution < 1.29 is 0 Å². The maximum absolute atomic E-state index is 4.36. The molecule has 1 aromatic carbocycles. The Balaban J connectivity index is 1.98. The number of benzene rings is 1. The number of imidazole rings is 1. The monoisotopic (exact) mass is 250 g/mol. The minimum atomic E-state index is 0.792. The first-order valence-corrected chi connectivity index (χ1v) is 6.11. The molecule has 2 heterocycles. The molecular weight excluding hydrogens is 236 g/mol. The minimum Gasteiger partial charge on any atom is -0.325 e. The van der Waals surface area contributed by atoms with Gasteiger partial charge < -0.3 is 5.32 Å². The van der Waals surface area contributed by atoms with E-state index in [1.54, 1.807) is 12.4 Å². The largest absolute Gasteiger partial charge is 0.325 e. The molecule has 0 saturated heterocycles. The van der Waals surface area contributed by atoms with Crippen molar-refractivity contribution in [2.24, 2.45) is 0 Å². The van der Waals surface area contributed by atoms with Gasteiger partial charge in [0.1, 0.15) is 0 Å². The van der Waals surface area contributed by atoms with Gasteiger partial charge in [0.15, 0.2) is 0 Å². The number of nitrogens with one attached hydrogen (secondary N) is 1. The van der Waals surface area contributed by atoms with Crippen molar-refractivity contribution in [2.75, 3.05) is 5.32 Å². The van der Waals surface area contributed by atoms with Gasteiger partial charge in [-0.2, -0.15) is 0 Å². The molecule has 94 valence electrons. The molecule has 0 atom stereocenters. The summed E-state index contributed by atoms with van der Waals surface area (Å²) < 4.78 is 2.02. The van der Waals surface area contributed by atoms with E-state index in [1.807, 2.05) is 60.3 Å². The van der Waals surface area contributed by atoms with Crippen LogP contribution in [0, 0.1) is 6.92 Å². The molecule has 0 fully saturated rings. The fourth-order valence-electron chi connectivity index (χ4n) is 1.98. The van der Waals surface area contributed by atoms with Crippen molar-refractivity contribution in [3.8, 4) is 5.69 Å². The van der Waals surface area contributed by atoms with Crippen molar-refractivity contribution in [2.45, 2.75) is 6.92 Å². The Labute approximate surface area is 111 Å². The van der Waals surface area contributed by atoms with E-state index in [4.69, 9.17) is 0 Å². The molecule has 0 bridgehead atoms. The molecule has 0 aliphatic heterocycles. The maximum atomic E-state index is 4.36. The van der Waals surface area contributed by atoms with E-state index < -0.39 is 0 Å². The number of anilines is 2. The standard InChI is InChI=1S/C15H14N4/c1-12-11-16-8-7-14(12)19-10-9-17-15(19)18-13-5-3-2-4-6-13/h2-11H,1H3,(H,17,18). The summed E-state index contributed by atoms with van der Waals surface area (Å²) >= 11 is 0. The van der Waals surface area contributed by atoms with Gasteiger partial charge in [-0.1, -0.05) is 18.2 Å². The van der Waals surface area contributed by atoms with E-state index in [9.17, 15) is 0 Å². The zero-order chi connectivity index (χ0) is 13.1. The van der Waals surface area contributed by atoms with Crippen molar-refractivity contribution in [1.29, 1.82) is 0 Å². The predicted molar refractivity (Wildman–Crippen MR) is 75.8 cm³/mol. The molecule has 3 aromatic rings.